The summed E-state index contributed by atoms with van der Waals surface area (Å²) in [5, 5.41) is 13.9. The van der Waals surface area contributed by atoms with E-state index < -0.39 is 0 Å². The molecule has 1 aliphatic carbocycles. The molecule has 110 valence electrons. The van der Waals surface area contributed by atoms with Crippen LogP contribution in [0.5, 0.6) is 0 Å². The first kappa shape index (κ1) is 15.9. The van der Waals surface area contributed by atoms with Crippen molar-refractivity contribution in [3.8, 4) is 0 Å². The van der Waals surface area contributed by atoms with E-state index in [0.717, 1.165) is 23.0 Å². The summed E-state index contributed by atoms with van der Waals surface area (Å²) in [6.07, 6.45) is 4.51. The molecule has 0 radical (unpaired) electrons. The Morgan fingerprint density at radius 2 is 2.25 bits per heavy atom. The van der Waals surface area contributed by atoms with Crippen LogP contribution >= 0.6 is 27.5 Å². The van der Waals surface area contributed by atoms with Crippen molar-refractivity contribution in [2.75, 3.05) is 11.9 Å². The zero-order chi connectivity index (χ0) is 14.7. The number of aliphatic hydroxyl groups is 1. The molecule has 2 rings (SSSR count). The van der Waals surface area contributed by atoms with Crippen molar-refractivity contribution in [1.29, 1.82) is 0 Å². The molecule has 0 heterocycles. The summed E-state index contributed by atoms with van der Waals surface area (Å²) >= 11 is 9.44. The van der Waals surface area contributed by atoms with Gasteiger partial charge in [-0.2, -0.15) is 0 Å². The van der Waals surface area contributed by atoms with Gasteiger partial charge in [-0.25, -0.2) is 0 Å². The lowest BCUT2D eigenvalue weighted by molar-refractivity contribution is 0.220. The Hall–Kier alpha value is -0.510. The van der Waals surface area contributed by atoms with Gasteiger partial charge in [-0.3, -0.25) is 0 Å². The Kier molecular flexibility index (Phi) is 5.53. The summed E-state index contributed by atoms with van der Waals surface area (Å²) in [5.41, 5.74) is 2.41. The molecule has 0 amide bonds. The number of rotatable bonds is 4. The zero-order valence-electron chi connectivity index (χ0n) is 11.9. The highest BCUT2D eigenvalue weighted by Crippen LogP contribution is 2.32. The van der Waals surface area contributed by atoms with E-state index in [-0.39, 0.29) is 12.6 Å². The molecule has 1 aliphatic rings. The predicted octanol–water partition coefficient (Wildman–Crippen LogP) is 4.87. The number of benzene rings is 1. The van der Waals surface area contributed by atoms with E-state index in [1.165, 1.54) is 5.57 Å². The van der Waals surface area contributed by atoms with Gasteiger partial charge in [0.05, 0.1) is 17.7 Å². The first-order chi connectivity index (χ1) is 9.49. The van der Waals surface area contributed by atoms with Gasteiger partial charge >= 0.3 is 0 Å². The van der Waals surface area contributed by atoms with Gasteiger partial charge in [0.15, 0.2) is 0 Å². The fraction of sp³-hybridized carbons (Fsp3) is 0.500. The highest BCUT2D eigenvalue weighted by molar-refractivity contribution is 9.10. The Morgan fingerprint density at radius 1 is 1.50 bits per heavy atom. The summed E-state index contributed by atoms with van der Waals surface area (Å²) < 4.78 is 0.869. The third kappa shape index (κ3) is 4.00. The smallest absolute Gasteiger partial charge is 0.0635 e. The molecule has 2 N–H and O–H groups in total. The maximum absolute atomic E-state index is 9.72. The van der Waals surface area contributed by atoms with Crippen molar-refractivity contribution in [2.45, 2.75) is 32.7 Å². The van der Waals surface area contributed by atoms with Crippen LogP contribution in [0.1, 0.15) is 26.7 Å². The Balaban J connectivity index is 2.09. The van der Waals surface area contributed by atoms with Crippen LogP contribution in [-0.4, -0.2) is 17.8 Å². The highest BCUT2D eigenvalue weighted by Gasteiger charge is 2.25. The third-order valence-electron chi connectivity index (χ3n) is 3.87. The molecule has 0 saturated heterocycles. The van der Waals surface area contributed by atoms with Crippen molar-refractivity contribution in [3.63, 3.8) is 0 Å². The lowest BCUT2D eigenvalue weighted by atomic mass is 9.79. The molecule has 2 nitrogen and oxygen atoms in total. The fourth-order valence-corrected chi connectivity index (χ4v) is 3.51. The average molecular weight is 359 g/mol. The molecular formula is C16H21BrClNO. The minimum absolute atomic E-state index is 0.0779. The summed E-state index contributed by atoms with van der Waals surface area (Å²) in [7, 11) is 0. The number of anilines is 1. The number of halogens is 2. The molecule has 1 aromatic carbocycles. The van der Waals surface area contributed by atoms with E-state index in [9.17, 15) is 5.11 Å². The van der Waals surface area contributed by atoms with Crippen LogP contribution < -0.4 is 5.32 Å². The van der Waals surface area contributed by atoms with Crippen molar-refractivity contribution in [1.82, 2.24) is 0 Å². The Labute approximate surface area is 134 Å². The molecule has 0 saturated carbocycles. The SMILES string of the molecule is CC1=CC(C)CC(C(CO)Nc2ccc(Cl)c(Br)c2)C1. The maximum Gasteiger partial charge on any atom is 0.0635 e. The second-order valence-corrected chi connectivity index (χ2v) is 7.01. The predicted molar refractivity (Wildman–Crippen MR) is 89.3 cm³/mol. The lowest BCUT2D eigenvalue weighted by Gasteiger charge is -2.32. The van der Waals surface area contributed by atoms with Crippen LogP contribution in [0.25, 0.3) is 0 Å². The van der Waals surface area contributed by atoms with Gasteiger partial charge in [0, 0.05) is 10.2 Å². The molecule has 1 aromatic rings. The van der Waals surface area contributed by atoms with Crippen molar-refractivity contribution >= 4 is 33.2 Å². The van der Waals surface area contributed by atoms with Gasteiger partial charge in [-0.1, -0.05) is 30.2 Å². The van der Waals surface area contributed by atoms with Crippen LogP contribution in [0, 0.1) is 11.8 Å². The first-order valence-electron chi connectivity index (χ1n) is 6.99. The molecule has 3 atom stereocenters. The topological polar surface area (TPSA) is 32.3 Å². The van der Waals surface area contributed by atoms with Crippen LogP contribution in [0.4, 0.5) is 5.69 Å². The largest absolute Gasteiger partial charge is 0.394 e. The first-order valence-corrected chi connectivity index (χ1v) is 8.16. The maximum atomic E-state index is 9.72. The summed E-state index contributed by atoms with van der Waals surface area (Å²) in [6.45, 7) is 4.56. The second-order valence-electron chi connectivity index (χ2n) is 5.75. The van der Waals surface area contributed by atoms with Crippen molar-refractivity contribution in [2.24, 2.45) is 11.8 Å². The normalized spacial score (nSPS) is 24.1. The second kappa shape index (κ2) is 6.97. The van der Waals surface area contributed by atoms with E-state index in [4.69, 9.17) is 11.6 Å². The van der Waals surface area contributed by atoms with Gasteiger partial charge in [-0.15, -0.1) is 0 Å². The highest BCUT2D eigenvalue weighted by atomic mass is 79.9. The van der Waals surface area contributed by atoms with E-state index >= 15 is 0 Å². The third-order valence-corrected chi connectivity index (χ3v) is 5.08. The van der Waals surface area contributed by atoms with E-state index in [2.05, 4.69) is 41.2 Å². The van der Waals surface area contributed by atoms with Crippen LogP contribution in [-0.2, 0) is 0 Å². The number of aliphatic hydroxyl groups excluding tert-OH is 1. The van der Waals surface area contributed by atoms with Crippen LogP contribution in [0.2, 0.25) is 5.02 Å². The molecule has 20 heavy (non-hydrogen) atoms. The lowest BCUT2D eigenvalue weighted by Crippen LogP contribution is -2.35. The fourth-order valence-electron chi connectivity index (χ4n) is 3.02. The molecule has 0 spiro atoms. The van der Waals surface area contributed by atoms with Crippen LogP contribution in [0.3, 0.4) is 0 Å². The molecular weight excluding hydrogens is 338 g/mol. The Bertz CT molecular complexity index is 503. The monoisotopic (exact) mass is 357 g/mol. The van der Waals surface area contributed by atoms with Gasteiger partial charge in [0.1, 0.15) is 0 Å². The van der Waals surface area contributed by atoms with Crippen LogP contribution in [0.15, 0.2) is 34.3 Å². The Morgan fingerprint density at radius 3 is 2.85 bits per heavy atom. The minimum atomic E-state index is 0.0779. The van der Waals surface area contributed by atoms with Gasteiger partial charge < -0.3 is 10.4 Å². The molecule has 0 aromatic heterocycles. The van der Waals surface area contributed by atoms with E-state index in [1.807, 2.05) is 18.2 Å². The van der Waals surface area contributed by atoms with E-state index in [0.29, 0.717) is 16.9 Å². The minimum Gasteiger partial charge on any atom is -0.394 e. The number of hydrogen-bond donors (Lipinski definition) is 2. The summed E-state index contributed by atoms with van der Waals surface area (Å²) in [5.74, 6) is 1.05. The molecule has 0 fully saturated rings. The standard InChI is InChI=1S/C16H21BrClNO/c1-10-5-11(2)7-12(6-10)16(9-20)19-13-3-4-15(18)14(17)8-13/h3-5,8,10,12,16,19-20H,6-7,9H2,1-2H3. The van der Waals surface area contributed by atoms with E-state index in [1.54, 1.807) is 0 Å². The van der Waals surface area contributed by atoms with Crippen molar-refractivity contribution < 1.29 is 5.11 Å². The summed E-state index contributed by atoms with van der Waals surface area (Å²) in [6, 6.07) is 5.84. The van der Waals surface area contributed by atoms with Crippen molar-refractivity contribution in [3.05, 3.63) is 39.3 Å². The number of allylic oxidation sites excluding steroid dienone is 2. The quantitative estimate of drug-likeness (QED) is 0.753. The number of hydrogen-bond acceptors (Lipinski definition) is 2. The molecule has 0 bridgehead atoms. The molecule has 3 unspecified atom stereocenters. The van der Waals surface area contributed by atoms with Gasteiger partial charge in [0.2, 0.25) is 0 Å². The van der Waals surface area contributed by atoms with Gasteiger partial charge in [0.25, 0.3) is 0 Å². The molecule has 0 aliphatic heterocycles. The number of nitrogens with one attached hydrogen (secondary N) is 1. The summed E-state index contributed by atoms with van der Waals surface area (Å²) in [4.78, 5) is 0. The average Bonchev–Trinajstić information content (AvgIpc) is 2.38. The van der Waals surface area contributed by atoms with Gasteiger partial charge in [-0.05, 0) is 65.7 Å². The zero-order valence-corrected chi connectivity index (χ0v) is 14.2. The molecule has 4 heteroatoms.